The second-order valence-corrected chi connectivity index (χ2v) is 7.32. The molecule has 4 rings (SSSR count). The summed E-state index contributed by atoms with van der Waals surface area (Å²) in [7, 11) is 1.69. The minimum atomic E-state index is -2.53. The molecule has 0 bridgehead atoms. The zero-order valence-corrected chi connectivity index (χ0v) is 16.7. The van der Waals surface area contributed by atoms with Gasteiger partial charge in [0, 0.05) is 23.6 Å². The van der Waals surface area contributed by atoms with Gasteiger partial charge >= 0.3 is 0 Å². The van der Waals surface area contributed by atoms with Gasteiger partial charge in [0.1, 0.15) is 0 Å². The van der Waals surface area contributed by atoms with E-state index in [1.807, 2.05) is 13.0 Å². The van der Waals surface area contributed by atoms with Crippen LogP contribution in [-0.4, -0.2) is 28.0 Å². The highest BCUT2D eigenvalue weighted by Gasteiger charge is 2.18. The maximum Gasteiger partial charge on any atom is 0.263 e. The Morgan fingerprint density at radius 2 is 2.03 bits per heavy atom. The fourth-order valence-electron chi connectivity index (χ4n) is 3.63. The van der Waals surface area contributed by atoms with Crippen LogP contribution in [-0.2, 0) is 11.8 Å². The summed E-state index contributed by atoms with van der Waals surface area (Å²) < 4.78 is 33.2. The number of hydrogen-bond acceptors (Lipinski definition) is 5. The van der Waals surface area contributed by atoms with E-state index < -0.39 is 6.43 Å². The van der Waals surface area contributed by atoms with Crippen molar-refractivity contribution in [1.82, 2.24) is 14.8 Å². The summed E-state index contributed by atoms with van der Waals surface area (Å²) in [6.45, 7) is 2.90. The number of aryl methyl sites for hydroxylation is 1. The Kier molecular flexibility index (Phi) is 5.59. The molecule has 3 aromatic rings. The number of alkyl halides is 2. The predicted molar refractivity (Wildman–Crippen MR) is 112 cm³/mol. The first kappa shape index (κ1) is 20.2. The Morgan fingerprint density at radius 3 is 2.77 bits per heavy atom. The van der Waals surface area contributed by atoms with Crippen LogP contribution < -0.4 is 10.9 Å². The summed E-state index contributed by atoms with van der Waals surface area (Å²) in [6, 6.07) is 7.79. The molecule has 0 saturated heterocycles. The Hall–Kier alpha value is -3.13. The minimum Gasteiger partial charge on any atom is -0.376 e. The number of aromatic nitrogens is 3. The van der Waals surface area contributed by atoms with E-state index in [2.05, 4.69) is 15.5 Å². The molecule has 8 heteroatoms. The third-order valence-electron chi connectivity index (χ3n) is 5.33. The Morgan fingerprint density at radius 1 is 1.23 bits per heavy atom. The molecule has 0 saturated carbocycles. The number of nitrogens with zero attached hydrogens (tertiary/aromatic N) is 3. The summed E-state index contributed by atoms with van der Waals surface area (Å²) in [4.78, 5) is 12.9. The van der Waals surface area contributed by atoms with E-state index in [-0.39, 0.29) is 17.2 Å². The molecule has 0 spiro atoms. The molecule has 2 aromatic heterocycles. The SMILES string of the molecule is C[C@@H](Nc1nncc2c1cc(C1=CCCOC1)c(=O)n2C)c1cccc(C(F)F)c1. The molecule has 1 aliphatic heterocycles. The van der Waals surface area contributed by atoms with Crippen molar-refractivity contribution in [2.75, 3.05) is 18.5 Å². The van der Waals surface area contributed by atoms with Gasteiger partial charge in [-0.05, 0) is 36.6 Å². The molecular weight excluding hydrogens is 390 g/mol. The van der Waals surface area contributed by atoms with Gasteiger partial charge < -0.3 is 14.6 Å². The van der Waals surface area contributed by atoms with Gasteiger partial charge in [-0.15, -0.1) is 5.10 Å². The molecule has 6 nitrogen and oxygen atoms in total. The zero-order chi connectivity index (χ0) is 21.3. The van der Waals surface area contributed by atoms with Crippen molar-refractivity contribution in [3.8, 4) is 0 Å². The van der Waals surface area contributed by atoms with Crippen molar-refractivity contribution in [3.63, 3.8) is 0 Å². The molecule has 30 heavy (non-hydrogen) atoms. The summed E-state index contributed by atoms with van der Waals surface area (Å²) in [6.07, 6.45) is 1.79. The molecule has 0 fully saturated rings. The van der Waals surface area contributed by atoms with Crippen LogP contribution in [0.4, 0.5) is 14.6 Å². The van der Waals surface area contributed by atoms with Crippen LogP contribution in [0.5, 0.6) is 0 Å². The molecular formula is C22H22F2N4O2. The van der Waals surface area contributed by atoms with E-state index in [1.54, 1.807) is 36.0 Å². The molecule has 1 aromatic carbocycles. The van der Waals surface area contributed by atoms with Crippen LogP contribution in [0.15, 0.2) is 47.4 Å². The van der Waals surface area contributed by atoms with Crippen molar-refractivity contribution >= 4 is 22.3 Å². The van der Waals surface area contributed by atoms with Crippen LogP contribution in [0.2, 0.25) is 0 Å². The molecule has 0 radical (unpaired) electrons. The van der Waals surface area contributed by atoms with Crippen LogP contribution in [0.3, 0.4) is 0 Å². The Labute approximate surface area is 172 Å². The number of benzene rings is 1. The summed E-state index contributed by atoms with van der Waals surface area (Å²) in [5.41, 5.74) is 2.60. The number of anilines is 1. The lowest BCUT2D eigenvalue weighted by Crippen LogP contribution is -2.23. The molecule has 156 valence electrons. The number of rotatable bonds is 5. The van der Waals surface area contributed by atoms with E-state index in [0.717, 1.165) is 17.4 Å². The highest BCUT2D eigenvalue weighted by molar-refractivity contribution is 5.91. The van der Waals surface area contributed by atoms with Crippen LogP contribution in [0.1, 0.15) is 42.5 Å². The first-order chi connectivity index (χ1) is 14.5. The van der Waals surface area contributed by atoms with Gasteiger partial charge in [0.05, 0.1) is 31.0 Å². The van der Waals surface area contributed by atoms with Gasteiger partial charge in [-0.3, -0.25) is 4.79 Å². The molecule has 0 unspecified atom stereocenters. The first-order valence-electron chi connectivity index (χ1n) is 9.73. The Balaban J connectivity index is 1.76. The monoisotopic (exact) mass is 412 g/mol. The van der Waals surface area contributed by atoms with E-state index in [1.165, 1.54) is 12.1 Å². The van der Waals surface area contributed by atoms with Gasteiger partial charge in [0.25, 0.3) is 12.0 Å². The maximum atomic E-state index is 13.1. The average Bonchev–Trinajstić information content (AvgIpc) is 2.77. The minimum absolute atomic E-state index is 0.0286. The fraction of sp³-hybridized carbons (Fsp3) is 0.318. The standard InChI is InChI=1S/C22H22F2N4O2/c1-13(14-5-3-6-15(9-14)20(23)24)26-21-18-10-17(16-7-4-8-30-12-16)22(29)28(2)19(18)11-25-27-21/h3,5-7,9-11,13,20H,4,8,12H2,1-2H3,(H,26,27)/t13-/m1/s1. The number of halogens is 2. The second kappa shape index (κ2) is 8.31. The lowest BCUT2D eigenvalue weighted by Gasteiger charge is -2.19. The summed E-state index contributed by atoms with van der Waals surface area (Å²) >= 11 is 0. The largest absolute Gasteiger partial charge is 0.376 e. The molecule has 0 amide bonds. The maximum absolute atomic E-state index is 13.1. The van der Waals surface area contributed by atoms with Crippen molar-refractivity contribution < 1.29 is 13.5 Å². The number of pyridine rings is 1. The molecule has 1 atom stereocenters. The van der Waals surface area contributed by atoms with Gasteiger partial charge in [-0.25, -0.2) is 8.78 Å². The lowest BCUT2D eigenvalue weighted by molar-refractivity contribution is 0.151. The smallest absolute Gasteiger partial charge is 0.263 e. The fourth-order valence-corrected chi connectivity index (χ4v) is 3.63. The Bertz CT molecular complexity index is 1170. The number of hydrogen-bond donors (Lipinski definition) is 1. The molecule has 0 aliphatic carbocycles. The molecule has 3 heterocycles. The zero-order valence-electron chi connectivity index (χ0n) is 16.7. The van der Waals surface area contributed by atoms with Crippen molar-refractivity contribution in [3.05, 3.63) is 69.6 Å². The van der Waals surface area contributed by atoms with Gasteiger partial charge in [0.15, 0.2) is 5.82 Å². The quantitative estimate of drug-likeness (QED) is 0.679. The van der Waals surface area contributed by atoms with E-state index in [0.29, 0.717) is 35.7 Å². The van der Waals surface area contributed by atoms with Crippen molar-refractivity contribution in [2.45, 2.75) is 25.8 Å². The average molecular weight is 412 g/mol. The molecule has 1 N–H and O–H groups in total. The lowest BCUT2D eigenvalue weighted by atomic mass is 10.0. The second-order valence-electron chi connectivity index (χ2n) is 7.32. The van der Waals surface area contributed by atoms with E-state index in [9.17, 15) is 13.6 Å². The predicted octanol–water partition coefficient (Wildman–Crippen LogP) is 4.24. The highest BCUT2D eigenvalue weighted by atomic mass is 19.3. The first-order valence-corrected chi connectivity index (χ1v) is 9.73. The van der Waals surface area contributed by atoms with E-state index >= 15 is 0 Å². The van der Waals surface area contributed by atoms with Crippen LogP contribution >= 0.6 is 0 Å². The van der Waals surface area contributed by atoms with Crippen molar-refractivity contribution in [2.24, 2.45) is 7.05 Å². The normalized spacial score (nSPS) is 15.3. The number of ether oxygens (including phenoxy) is 1. The molecule has 1 aliphatic rings. The topological polar surface area (TPSA) is 69.0 Å². The van der Waals surface area contributed by atoms with Gasteiger partial charge in [-0.2, -0.15) is 5.10 Å². The van der Waals surface area contributed by atoms with Crippen molar-refractivity contribution in [1.29, 1.82) is 0 Å². The summed E-state index contributed by atoms with van der Waals surface area (Å²) in [5, 5.41) is 12.2. The van der Waals surface area contributed by atoms with Gasteiger partial charge in [0.2, 0.25) is 0 Å². The van der Waals surface area contributed by atoms with Gasteiger partial charge in [-0.1, -0.05) is 24.3 Å². The van der Waals surface area contributed by atoms with E-state index in [4.69, 9.17) is 4.74 Å². The van der Waals surface area contributed by atoms with Crippen LogP contribution in [0, 0.1) is 0 Å². The summed E-state index contributed by atoms with van der Waals surface area (Å²) in [5.74, 6) is 0.483. The highest BCUT2D eigenvalue weighted by Crippen LogP contribution is 2.28. The number of nitrogens with one attached hydrogen (secondary N) is 1. The third kappa shape index (κ3) is 3.82. The number of fused-ring (bicyclic) bond motifs is 1. The third-order valence-corrected chi connectivity index (χ3v) is 5.33. The van der Waals surface area contributed by atoms with Crippen LogP contribution in [0.25, 0.3) is 16.5 Å².